The first-order valence-electron chi connectivity index (χ1n) is 5.81. The lowest BCUT2D eigenvalue weighted by Gasteiger charge is -2.12. The number of aromatic nitrogens is 1. The smallest absolute Gasteiger partial charge is 0.191 e. The van der Waals surface area contributed by atoms with Crippen LogP contribution in [0.2, 0.25) is 0 Å². The quantitative estimate of drug-likeness (QED) is 0.809. The second-order valence-electron chi connectivity index (χ2n) is 4.32. The Morgan fingerprint density at radius 1 is 1.24 bits per heavy atom. The van der Waals surface area contributed by atoms with Gasteiger partial charge in [-0.15, -0.1) is 0 Å². The third-order valence-corrected chi connectivity index (χ3v) is 3.21. The minimum Gasteiger partial charge on any atom is -0.369 e. The van der Waals surface area contributed by atoms with Crippen LogP contribution in [0.25, 0.3) is 11.1 Å². The van der Waals surface area contributed by atoms with Crippen LogP contribution in [-0.2, 0) is 6.54 Å². The van der Waals surface area contributed by atoms with Gasteiger partial charge in [-0.2, -0.15) is 0 Å². The lowest BCUT2D eigenvalue weighted by molar-refractivity contribution is 0.771. The maximum absolute atomic E-state index is 12.1. The van der Waals surface area contributed by atoms with Crippen molar-refractivity contribution in [3.05, 3.63) is 52.3 Å². The van der Waals surface area contributed by atoms with Crippen molar-refractivity contribution in [2.45, 2.75) is 13.5 Å². The van der Waals surface area contributed by atoms with Gasteiger partial charge in [-0.1, -0.05) is 30.3 Å². The summed E-state index contributed by atoms with van der Waals surface area (Å²) < 4.78 is 2.17. The van der Waals surface area contributed by atoms with Gasteiger partial charge >= 0.3 is 0 Å². The van der Waals surface area contributed by atoms with E-state index in [4.69, 9.17) is 0 Å². The van der Waals surface area contributed by atoms with Gasteiger partial charge in [0.1, 0.15) is 5.82 Å². The molecule has 1 aliphatic rings. The fourth-order valence-electron chi connectivity index (χ4n) is 2.41. The summed E-state index contributed by atoms with van der Waals surface area (Å²) in [6.07, 6.45) is 0. The number of pyridine rings is 1. The molecule has 0 unspecified atom stereocenters. The number of anilines is 1. The SMILES string of the molecule is Cc1cc(=O)c(-c2ccccc2)c2n1CCN2. The summed E-state index contributed by atoms with van der Waals surface area (Å²) in [4.78, 5) is 12.1. The molecule has 0 saturated carbocycles. The lowest BCUT2D eigenvalue weighted by Crippen LogP contribution is -2.12. The molecule has 0 fully saturated rings. The van der Waals surface area contributed by atoms with E-state index in [2.05, 4.69) is 9.88 Å². The second kappa shape index (κ2) is 3.77. The third kappa shape index (κ3) is 1.55. The predicted octanol–water partition coefficient (Wildman–Crippen LogP) is 2.25. The molecule has 0 atom stereocenters. The number of aryl methyl sites for hydroxylation is 1. The molecule has 0 bridgehead atoms. The van der Waals surface area contributed by atoms with E-state index in [-0.39, 0.29) is 5.43 Å². The minimum absolute atomic E-state index is 0.0920. The monoisotopic (exact) mass is 226 g/mol. The summed E-state index contributed by atoms with van der Waals surface area (Å²) in [5, 5.41) is 3.31. The molecule has 0 saturated heterocycles. The molecule has 3 heteroatoms. The number of fused-ring (bicyclic) bond motifs is 1. The van der Waals surface area contributed by atoms with Crippen LogP contribution in [0.1, 0.15) is 5.69 Å². The van der Waals surface area contributed by atoms with Gasteiger partial charge < -0.3 is 9.88 Å². The fraction of sp³-hybridized carbons (Fsp3) is 0.214. The van der Waals surface area contributed by atoms with Crippen molar-refractivity contribution in [3.8, 4) is 11.1 Å². The van der Waals surface area contributed by atoms with E-state index in [1.54, 1.807) is 6.07 Å². The van der Waals surface area contributed by atoms with E-state index in [1.807, 2.05) is 37.3 Å². The largest absolute Gasteiger partial charge is 0.369 e. The topological polar surface area (TPSA) is 34.0 Å². The predicted molar refractivity (Wildman–Crippen MR) is 69.4 cm³/mol. The highest BCUT2D eigenvalue weighted by Gasteiger charge is 2.18. The molecule has 0 radical (unpaired) electrons. The van der Waals surface area contributed by atoms with Crippen LogP contribution in [0, 0.1) is 6.92 Å². The molecule has 1 N–H and O–H groups in total. The average Bonchev–Trinajstić information content (AvgIpc) is 2.79. The van der Waals surface area contributed by atoms with Gasteiger partial charge in [0.2, 0.25) is 0 Å². The number of benzene rings is 1. The van der Waals surface area contributed by atoms with E-state index in [1.165, 1.54) is 0 Å². The number of nitrogens with zero attached hydrogens (tertiary/aromatic N) is 1. The van der Waals surface area contributed by atoms with E-state index >= 15 is 0 Å². The van der Waals surface area contributed by atoms with Crippen molar-refractivity contribution in [2.24, 2.45) is 0 Å². The Morgan fingerprint density at radius 2 is 2.00 bits per heavy atom. The maximum atomic E-state index is 12.1. The Kier molecular flexibility index (Phi) is 2.25. The normalized spacial score (nSPS) is 13.2. The van der Waals surface area contributed by atoms with Crippen LogP contribution in [-0.4, -0.2) is 11.1 Å². The number of nitrogens with one attached hydrogen (secondary N) is 1. The molecule has 2 heterocycles. The van der Waals surface area contributed by atoms with Crippen molar-refractivity contribution in [3.63, 3.8) is 0 Å². The lowest BCUT2D eigenvalue weighted by atomic mass is 10.1. The van der Waals surface area contributed by atoms with E-state index in [0.29, 0.717) is 0 Å². The van der Waals surface area contributed by atoms with Crippen molar-refractivity contribution < 1.29 is 0 Å². The highest BCUT2D eigenvalue weighted by atomic mass is 16.1. The summed E-state index contributed by atoms with van der Waals surface area (Å²) in [7, 11) is 0. The second-order valence-corrected chi connectivity index (χ2v) is 4.32. The summed E-state index contributed by atoms with van der Waals surface area (Å²) in [5.41, 5.74) is 2.88. The zero-order valence-electron chi connectivity index (χ0n) is 9.73. The zero-order valence-corrected chi connectivity index (χ0v) is 9.73. The standard InChI is InChI=1S/C14H14N2O/c1-10-9-12(17)13(11-5-3-2-4-6-11)14-15-7-8-16(10)14/h2-6,9,15H,7-8H2,1H3. The molecular weight excluding hydrogens is 212 g/mol. The van der Waals surface area contributed by atoms with Crippen molar-refractivity contribution >= 4 is 5.82 Å². The molecule has 0 aliphatic carbocycles. The number of hydrogen-bond donors (Lipinski definition) is 1. The Labute approximate surface area is 99.7 Å². The van der Waals surface area contributed by atoms with Gasteiger partial charge in [0.25, 0.3) is 0 Å². The van der Waals surface area contributed by atoms with Gasteiger partial charge in [0.15, 0.2) is 5.43 Å². The number of rotatable bonds is 1. The first-order chi connectivity index (χ1) is 8.27. The van der Waals surface area contributed by atoms with Crippen LogP contribution in [0.3, 0.4) is 0 Å². The Hall–Kier alpha value is -2.03. The molecule has 3 nitrogen and oxygen atoms in total. The maximum Gasteiger partial charge on any atom is 0.191 e. The first-order valence-corrected chi connectivity index (χ1v) is 5.81. The molecule has 2 aromatic rings. The van der Waals surface area contributed by atoms with Gasteiger partial charge in [0.05, 0.1) is 5.56 Å². The molecule has 17 heavy (non-hydrogen) atoms. The molecule has 0 amide bonds. The molecule has 1 aromatic carbocycles. The molecule has 0 spiro atoms. The summed E-state index contributed by atoms with van der Waals surface area (Å²) >= 11 is 0. The Bertz CT molecular complexity index is 614. The van der Waals surface area contributed by atoms with Crippen molar-refractivity contribution in [1.82, 2.24) is 4.57 Å². The zero-order chi connectivity index (χ0) is 11.8. The third-order valence-electron chi connectivity index (χ3n) is 3.21. The molecule has 3 rings (SSSR count). The molecule has 1 aromatic heterocycles. The van der Waals surface area contributed by atoms with Crippen molar-refractivity contribution in [2.75, 3.05) is 11.9 Å². The highest BCUT2D eigenvalue weighted by Crippen LogP contribution is 2.27. The summed E-state index contributed by atoms with van der Waals surface area (Å²) in [6.45, 7) is 3.80. The summed E-state index contributed by atoms with van der Waals surface area (Å²) in [5.74, 6) is 0.959. The molecular formula is C14H14N2O. The van der Waals surface area contributed by atoms with Gasteiger partial charge in [0, 0.05) is 24.8 Å². The van der Waals surface area contributed by atoms with Gasteiger partial charge in [-0.25, -0.2) is 0 Å². The van der Waals surface area contributed by atoms with Crippen LogP contribution < -0.4 is 10.7 Å². The Morgan fingerprint density at radius 3 is 2.76 bits per heavy atom. The average molecular weight is 226 g/mol. The molecule has 1 aliphatic heterocycles. The Balaban J connectivity index is 2.32. The highest BCUT2D eigenvalue weighted by molar-refractivity contribution is 5.76. The van der Waals surface area contributed by atoms with E-state index in [0.717, 1.165) is 35.7 Å². The first kappa shape index (κ1) is 10.1. The van der Waals surface area contributed by atoms with Crippen LogP contribution >= 0.6 is 0 Å². The van der Waals surface area contributed by atoms with Gasteiger partial charge in [-0.3, -0.25) is 4.79 Å². The van der Waals surface area contributed by atoms with E-state index < -0.39 is 0 Å². The fourth-order valence-corrected chi connectivity index (χ4v) is 2.41. The van der Waals surface area contributed by atoms with Crippen LogP contribution in [0.15, 0.2) is 41.2 Å². The van der Waals surface area contributed by atoms with Crippen LogP contribution in [0.5, 0.6) is 0 Å². The van der Waals surface area contributed by atoms with Gasteiger partial charge in [-0.05, 0) is 12.5 Å². The number of hydrogen-bond acceptors (Lipinski definition) is 2. The summed E-state index contributed by atoms with van der Waals surface area (Å²) in [6, 6.07) is 11.6. The molecule has 86 valence electrons. The van der Waals surface area contributed by atoms with E-state index in [9.17, 15) is 4.79 Å². The van der Waals surface area contributed by atoms with Crippen molar-refractivity contribution in [1.29, 1.82) is 0 Å². The van der Waals surface area contributed by atoms with Crippen LogP contribution in [0.4, 0.5) is 5.82 Å². The minimum atomic E-state index is 0.0920.